The summed E-state index contributed by atoms with van der Waals surface area (Å²) in [7, 11) is 0. The van der Waals surface area contributed by atoms with E-state index in [1.165, 1.54) is 0 Å². The zero-order valence-electron chi connectivity index (χ0n) is 22.1. The summed E-state index contributed by atoms with van der Waals surface area (Å²) in [6.07, 6.45) is 7.43. The molecule has 3 rings (SSSR count). The van der Waals surface area contributed by atoms with Gasteiger partial charge in [0.1, 0.15) is 11.5 Å². The molecule has 4 heteroatoms. The van der Waals surface area contributed by atoms with Gasteiger partial charge in [-0.15, -0.1) is 0 Å². The van der Waals surface area contributed by atoms with E-state index in [2.05, 4.69) is 23.7 Å². The van der Waals surface area contributed by atoms with Crippen molar-refractivity contribution in [3.8, 4) is 35.2 Å². The lowest BCUT2D eigenvalue weighted by Crippen LogP contribution is -2.03. The molecule has 0 aliphatic carbocycles. The fraction of sp³-hybridized carbons (Fsp3) is 0.353. The minimum absolute atomic E-state index is 0.229. The van der Waals surface area contributed by atoms with Crippen LogP contribution in [0.3, 0.4) is 0 Å². The molecule has 0 radical (unpaired) electrons. The summed E-state index contributed by atoms with van der Waals surface area (Å²) in [6.45, 7) is 1.60. The van der Waals surface area contributed by atoms with E-state index in [9.17, 15) is 0 Å². The van der Waals surface area contributed by atoms with Crippen molar-refractivity contribution >= 4 is 0 Å². The van der Waals surface area contributed by atoms with Crippen LogP contribution >= 0.6 is 0 Å². The first-order chi connectivity index (χ1) is 18.8. The van der Waals surface area contributed by atoms with Gasteiger partial charge in [0.05, 0.1) is 24.3 Å². The molecule has 0 aliphatic heterocycles. The van der Waals surface area contributed by atoms with Crippen molar-refractivity contribution < 1.29 is 19.7 Å². The SMILES string of the molecule is OCCCCCCOc1cc(C#Cc2ccccc2)c(OCCCCCCO)cc1C#Cc1ccccc1. The number of benzene rings is 3. The maximum absolute atomic E-state index is 9.01. The molecule has 0 saturated heterocycles. The first-order valence-electron chi connectivity index (χ1n) is 13.6. The average molecular weight is 511 g/mol. The predicted octanol–water partition coefficient (Wildman–Crippen LogP) is 6.35. The van der Waals surface area contributed by atoms with E-state index < -0.39 is 0 Å². The van der Waals surface area contributed by atoms with Gasteiger partial charge in [0.15, 0.2) is 0 Å². The molecule has 0 aromatic heterocycles. The summed E-state index contributed by atoms with van der Waals surface area (Å²) in [5.41, 5.74) is 3.40. The largest absolute Gasteiger partial charge is 0.492 e. The number of unbranched alkanes of at least 4 members (excludes halogenated alkanes) is 6. The second-order valence-electron chi connectivity index (χ2n) is 9.05. The molecule has 0 heterocycles. The number of aliphatic hydroxyl groups excluding tert-OH is 2. The maximum atomic E-state index is 9.01. The fourth-order valence-electron chi connectivity index (χ4n) is 3.82. The zero-order chi connectivity index (χ0) is 26.7. The van der Waals surface area contributed by atoms with Crippen molar-refractivity contribution in [1.29, 1.82) is 0 Å². The van der Waals surface area contributed by atoms with Crippen LogP contribution in [0.15, 0.2) is 72.8 Å². The smallest absolute Gasteiger partial charge is 0.136 e. The van der Waals surface area contributed by atoms with E-state index in [4.69, 9.17) is 19.7 Å². The first kappa shape index (κ1) is 28.9. The number of hydrogen-bond acceptors (Lipinski definition) is 4. The zero-order valence-corrected chi connectivity index (χ0v) is 22.1. The highest BCUT2D eigenvalue weighted by Gasteiger charge is 2.11. The minimum Gasteiger partial charge on any atom is -0.492 e. The van der Waals surface area contributed by atoms with E-state index in [0.29, 0.717) is 24.7 Å². The standard InChI is InChI=1S/C34H38O4/c35-23-11-1-3-13-25-37-33-27-32(22-20-30-17-9-6-10-18-30)34(38-26-14-4-2-12-24-36)28-31(33)21-19-29-15-7-5-8-16-29/h5-10,15-18,27-28,35-36H,1-4,11-14,23-26H2. The van der Waals surface area contributed by atoms with Crippen LogP contribution in [0, 0.1) is 23.7 Å². The van der Waals surface area contributed by atoms with Gasteiger partial charge in [-0.2, -0.15) is 0 Å². The minimum atomic E-state index is 0.229. The molecule has 0 amide bonds. The lowest BCUT2D eigenvalue weighted by atomic mass is 10.1. The Labute approximate surface area is 227 Å². The molecule has 0 aliphatic rings. The fourth-order valence-corrected chi connectivity index (χ4v) is 3.82. The Morgan fingerprint density at radius 1 is 0.474 bits per heavy atom. The van der Waals surface area contributed by atoms with Crippen LogP contribution in [-0.2, 0) is 0 Å². The number of rotatable bonds is 14. The molecule has 198 valence electrons. The van der Waals surface area contributed by atoms with E-state index >= 15 is 0 Å². The van der Waals surface area contributed by atoms with Gasteiger partial charge < -0.3 is 19.7 Å². The molecular formula is C34H38O4. The van der Waals surface area contributed by atoms with E-state index in [-0.39, 0.29) is 13.2 Å². The van der Waals surface area contributed by atoms with E-state index in [0.717, 1.165) is 73.6 Å². The summed E-state index contributed by atoms with van der Waals surface area (Å²) in [5, 5.41) is 18.0. The lowest BCUT2D eigenvalue weighted by Gasteiger charge is -2.14. The second-order valence-corrected chi connectivity index (χ2v) is 9.05. The van der Waals surface area contributed by atoms with Crippen molar-refractivity contribution in [2.75, 3.05) is 26.4 Å². The Kier molecular flexibility index (Phi) is 13.4. The third-order valence-corrected chi connectivity index (χ3v) is 5.93. The normalized spacial score (nSPS) is 10.2. The van der Waals surface area contributed by atoms with Crippen LogP contribution in [0.2, 0.25) is 0 Å². The molecule has 2 N–H and O–H groups in total. The van der Waals surface area contributed by atoms with Crippen LogP contribution in [0.4, 0.5) is 0 Å². The van der Waals surface area contributed by atoms with Crippen molar-refractivity contribution in [2.24, 2.45) is 0 Å². The van der Waals surface area contributed by atoms with E-state index in [1.54, 1.807) is 0 Å². The van der Waals surface area contributed by atoms with Crippen LogP contribution in [0.1, 0.15) is 73.6 Å². The number of aliphatic hydroxyl groups is 2. The summed E-state index contributed by atoms with van der Waals surface area (Å²) in [5.74, 6) is 14.5. The molecule has 38 heavy (non-hydrogen) atoms. The van der Waals surface area contributed by atoms with Crippen LogP contribution in [0.25, 0.3) is 0 Å². The first-order valence-corrected chi connectivity index (χ1v) is 13.6. The quantitative estimate of drug-likeness (QED) is 0.196. The molecule has 0 bridgehead atoms. The van der Waals surface area contributed by atoms with Gasteiger partial charge in [-0.05, 0) is 62.8 Å². The van der Waals surface area contributed by atoms with Gasteiger partial charge in [0.2, 0.25) is 0 Å². The van der Waals surface area contributed by atoms with Crippen molar-refractivity contribution in [2.45, 2.75) is 51.4 Å². The van der Waals surface area contributed by atoms with Gasteiger partial charge in [-0.1, -0.05) is 72.9 Å². The average Bonchev–Trinajstić information content (AvgIpc) is 2.96. The Bertz CT molecular complexity index is 1100. The maximum Gasteiger partial charge on any atom is 0.136 e. The van der Waals surface area contributed by atoms with Crippen molar-refractivity contribution in [1.82, 2.24) is 0 Å². The van der Waals surface area contributed by atoms with Gasteiger partial charge in [-0.3, -0.25) is 0 Å². The Balaban J connectivity index is 1.88. The molecule has 0 atom stereocenters. The molecule has 4 nitrogen and oxygen atoms in total. The summed E-state index contributed by atoms with van der Waals surface area (Å²) >= 11 is 0. The molecule has 3 aromatic carbocycles. The predicted molar refractivity (Wildman–Crippen MR) is 153 cm³/mol. The topological polar surface area (TPSA) is 58.9 Å². The molecule has 0 unspecified atom stereocenters. The molecule has 3 aromatic rings. The van der Waals surface area contributed by atoms with Crippen LogP contribution < -0.4 is 9.47 Å². The molecular weight excluding hydrogens is 472 g/mol. The van der Waals surface area contributed by atoms with Gasteiger partial charge in [-0.25, -0.2) is 0 Å². The monoisotopic (exact) mass is 510 g/mol. The Hall–Kier alpha value is -3.70. The Morgan fingerprint density at radius 3 is 1.26 bits per heavy atom. The summed E-state index contributed by atoms with van der Waals surface area (Å²) < 4.78 is 12.4. The molecule has 0 spiro atoms. The highest BCUT2D eigenvalue weighted by Crippen LogP contribution is 2.29. The third-order valence-electron chi connectivity index (χ3n) is 5.93. The summed E-state index contributed by atoms with van der Waals surface area (Å²) in [6, 6.07) is 23.7. The third kappa shape index (κ3) is 10.7. The van der Waals surface area contributed by atoms with Gasteiger partial charge >= 0.3 is 0 Å². The van der Waals surface area contributed by atoms with Gasteiger partial charge in [0, 0.05) is 36.5 Å². The van der Waals surface area contributed by atoms with E-state index in [1.807, 2.05) is 72.8 Å². The van der Waals surface area contributed by atoms with Gasteiger partial charge in [0.25, 0.3) is 0 Å². The lowest BCUT2D eigenvalue weighted by molar-refractivity contribution is 0.271. The van der Waals surface area contributed by atoms with Crippen molar-refractivity contribution in [3.05, 3.63) is 95.1 Å². The highest BCUT2D eigenvalue weighted by atomic mass is 16.5. The number of hydrogen-bond donors (Lipinski definition) is 2. The number of ether oxygens (including phenoxy) is 2. The highest BCUT2D eigenvalue weighted by molar-refractivity contribution is 5.60. The van der Waals surface area contributed by atoms with Crippen molar-refractivity contribution in [3.63, 3.8) is 0 Å². The molecule has 0 fully saturated rings. The summed E-state index contributed by atoms with van der Waals surface area (Å²) in [4.78, 5) is 0. The van der Waals surface area contributed by atoms with Crippen LogP contribution in [0.5, 0.6) is 11.5 Å². The second kappa shape index (κ2) is 17.7. The molecule has 0 saturated carbocycles. The van der Waals surface area contributed by atoms with Crippen LogP contribution in [-0.4, -0.2) is 36.6 Å². The Morgan fingerprint density at radius 2 is 0.868 bits per heavy atom.